The Morgan fingerprint density at radius 2 is 2.17 bits per heavy atom. The topological polar surface area (TPSA) is 62.8 Å². The number of nitrogen functional groups attached to an aromatic ring is 1. The average molecular weight is 304 g/mol. The van der Waals surface area contributed by atoms with Crippen LogP contribution < -0.4 is 122 Å². The molecule has 0 amide bonds. The second kappa shape index (κ2) is 8.53. The van der Waals surface area contributed by atoms with Crippen molar-refractivity contribution in [2.75, 3.05) is 5.73 Å². The molecule has 0 radical (unpaired) electrons. The third-order valence-corrected chi connectivity index (χ3v) is 1.10. The molecule has 1 rings (SSSR count). The van der Waals surface area contributed by atoms with Gasteiger partial charge in [-0.25, -0.2) is 11.1 Å². The SMILES string of the molecule is Cc1[c-]c([C-]=N)c(N)nc1.[Rb+].[Rb+]. The maximum Gasteiger partial charge on any atom is 1.00 e. The fourth-order valence-corrected chi connectivity index (χ4v) is 0.620. The second-order valence-corrected chi connectivity index (χ2v) is 1.95. The zero-order chi connectivity index (χ0) is 7.56. The molecule has 12 heavy (non-hydrogen) atoms. The van der Waals surface area contributed by atoms with Crippen LogP contribution in [0, 0.1) is 18.4 Å². The van der Waals surface area contributed by atoms with Crippen LogP contribution in [0.4, 0.5) is 5.82 Å². The van der Waals surface area contributed by atoms with Crippen molar-refractivity contribution < 1.29 is 116 Å². The van der Waals surface area contributed by atoms with Gasteiger partial charge in [0.15, 0.2) is 0 Å². The maximum atomic E-state index is 6.78. The van der Waals surface area contributed by atoms with E-state index in [0.717, 1.165) is 5.56 Å². The van der Waals surface area contributed by atoms with Crippen LogP contribution in [0.1, 0.15) is 11.1 Å². The largest absolute Gasteiger partial charge is 1.00 e. The van der Waals surface area contributed by atoms with Crippen LogP contribution in [0.25, 0.3) is 0 Å². The van der Waals surface area contributed by atoms with Crippen molar-refractivity contribution >= 4 is 12.0 Å². The first kappa shape index (κ1) is 16.7. The second-order valence-electron chi connectivity index (χ2n) is 1.95. The predicted octanol–water partition coefficient (Wildman–Crippen LogP) is -5.34. The number of nitrogens with one attached hydrogen (secondary N) is 1. The average Bonchev–Trinajstić information content (AvgIpc) is 1.94. The molecule has 0 aliphatic carbocycles. The molecule has 0 saturated heterocycles. The fraction of sp³-hybridized carbons (Fsp3) is 0.143. The van der Waals surface area contributed by atoms with Gasteiger partial charge in [0.1, 0.15) is 0 Å². The van der Waals surface area contributed by atoms with Gasteiger partial charge in [0, 0.05) is 0 Å². The van der Waals surface area contributed by atoms with Gasteiger partial charge in [-0.15, -0.1) is 6.20 Å². The summed E-state index contributed by atoms with van der Waals surface area (Å²) in [4.78, 5) is 3.81. The van der Waals surface area contributed by atoms with Crippen molar-refractivity contribution in [1.82, 2.24) is 4.98 Å². The molecule has 0 saturated carbocycles. The summed E-state index contributed by atoms with van der Waals surface area (Å²) in [5.41, 5.74) is 6.67. The molecule has 1 heterocycles. The number of hydrogen-bond donors (Lipinski definition) is 2. The molecule has 0 aromatic carbocycles. The quantitative estimate of drug-likeness (QED) is 0.402. The molecule has 1 aromatic heterocycles. The van der Waals surface area contributed by atoms with Crippen LogP contribution in [0.2, 0.25) is 0 Å². The van der Waals surface area contributed by atoms with Gasteiger partial charge in [0.25, 0.3) is 0 Å². The summed E-state index contributed by atoms with van der Waals surface area (Å²) in [6, 6.07) is 2.84. The molecule has 0 aliphatic heterocycles. The van der Waals surface area contributed by atoms with Crippen molar-refractivity contribution in [2.45, 2.75) is 6.92 Å². The Balaban J connectivity index is 0. The van der Waals surface area contributed by atoms with Gasteiger partial charge in [0.2, 0.25) is 0 Å². The first-order chi connectivity index (χ1) is 4.74. The number of pyridine rings is 1. The molecule has 0 atom stereocenters. The van der Waals surface area contributed by atoms with E-state index >= 15 is 0 Å². The third kappa shape index (κ3) is 5.20. The van der Waals surface area contributed by atoms with Gasteiger partial charge >= 0.3 is 116 Å². The predicted molar refractivity (Wildman–Crippen MR) is 39.1 cm³/mol. The number of nitrogens with two attached hydrogens (primary N) is 1. The minimum Gasteiger partial charge on any atom is -0.462 e. The molecular weight excluding hydrogens is 297 g/mol. The van der Waals surface area contributed by atoms with Crippen LogP contribution in [0.3, 0.4) is 0 Å². The summed E-state index contributed by atoms with van der Waals surface area (Å²) in [6.07, 6.45) is 3.75. The maximum absolute atomic E-state index is 6.78. The van der Waals surface area contributed by atoms with Crippen molar-refractivity contribution in [2.24, 2.45) is 0 Å². The minimum atomic E-state index is 0. The van der Waals surface area contributed by atoms with Crippen molar-refractivity contribution in [3.63, 3.8) is 0 Å². The number of anilines is 1. The summed E-state index contributed by atoms with van der Waals surface area (Å²) in [6.45, 7) is 1.84. The molecule has 52 valence electrons. The molecule has 0 aliphatic rings. The first-order valence-electron chi connectivity index (χ1n) is 2.81. The molecule has 5 heteroatoms. The first-order valence-corrected chi connectivity index (χ1v) is 2.81. The fourth-order valence-electron chi connectivity index (χ4n) is 0.620. The van der Waals surface area contributed by atoms with E-state index < -0.39 is 0 Å². The van der Waals surface area contributed by atoms with Crippen molar-refractivity contribution in [1.29, 1.82) is 5.41 Å². The minimum absolute atomic E-state index is 0. The molecule has 0 unspecified atom stereocenters. The number of aromatic nitrogens is 1. The van der Waals surface area contributed by atoms with E-state index in [9.17, 15) is 0 Å². The molecule has 1 aromatic rings. The number of hydrogen-bond acceptors (Lipinski definition) is 3. The van der Waals surface area contributed by atoms with Crippen LogP contribution >= 0.6 is 0 Å². The van der Waals surface area contributed by atoms with Gasteiger partial charge in [-0.1, -0.05) is 12.7 Å². The van der Waals surface area contributed by atoms with E-state index in [1.54, 1.807) is 6.20 Å². The normalized spacial score (nSPS) is 7.75. The van der Waals surface area contributed by atoms with Crippen LogP contribution in [0.5, 0.6) is 0 Å². The van der Waals surface area contributed by atoms with E-state index in [-0.39, 0.29) is 116 Å². The van der Waals surface area contributed by atoms with Gasteiger partial charge < -0.3 is 16.1 Å². The zero-order valence-corrected chi connectivity index (χ0v) is 17.4. The molecule has 0 bridgehead atoms. The van der Waals surface area contributed by atoms with Gasteiger partial charge in [-0.2, -0.15) is 6.21 Å². The Labute approximate surface area is 170 Å². The van der Waals surface area contributed by atoms with Crippen molar-refractivity contribution in [3.8, 4) is 0 Å². The van der Waals surface area contributed by atoms with E-state index in [1.807, 2.05) is 6.92 Å². The molecule has 3 N–H and O–H groups in total. The molecule has 0 spiro atoms. The van der Waals surface area contributed by atoms with E-state index in [2.05, 4.69) is 17.3 Å². The van der Waals surface area contributed by atoms with Crippen LogP contribution in [0.15, 0.2) is 6.20 Å². The third-order valence-electron chi connectivity index (χ3n) is 1.10. The van der Waals surface area contributed by atoms with Gasteiger partial charge in [0.05, 0.1) is 0 Å². The summed E-state index contributed by atoms with van der Waals surface area (Å²) in [5, 5.41) is 6.78. The number of rotatable bonds is 1. The standard InChI is InChI=1S/C7H7N3.2Rb/c1-5-2-6(3-8)7(9)10-4-5;;/h4,8H,1H3,(H2,9,10);;/q-2;2*+1. The van der Waals surface area contributed by atoms with E-state index in [4.69, 9.17) is 11.1 Å². The Kier molecular flexibility index (Phi) is 11.8. The van der Waals surface area contributed by atoms with Crippen molar-refractivity contribution in [3.05, 3.63) is 23.4 Å². The summed E-state index contributed by atoms with van der Waals surface area (Å²) in [7, 11) is 0. The zero-order valence-electron chi connectivity index (χ0n) is 7.60. The van der Waals surface area contributed by atoms with E-state index in [0.29, 0.717) is 11.4 Å². The van der Waals surface area contributed by atoms with Crippen LogP contribution in [-0.2, 0) is 0 Å². The Bertz CT molecular complexity index is 263. The van der Waals surface area contributed by atoms with Gasteiger partial charge in [-0.3, -0.25) is 6.07 Å². The molecular formula is C7H7N3Rb2. The van der Waals surface area contributed by atoms with Gasteiger partial charge in [-0.05, 0) is 0 Å². The molecule has 0 fully saturated rings. The van der Waals surface area contributed by atoms with E-state index in [1.165, 1.54) is 0 Å². The molecule has 3 nitrogen and oxygen atoms in total. The monoisotopic (exact) mass is 303 g/mol. The van der Waals surface area contributed by atoms with Crippen LogP contribution in [-0.4, -0.2) is 11.2 Å². The number of nitrogens with zero attached hydrogens (tertiary/aromatic N) is 1. The Hall–Kier alpha value is 2.23. The Morgan fingerprint density at radius 3 is 2.58 bits per heavy atom. The Morgan fingerprint density at radius 1 is 1.58 bits per heavy atom. The summed E-state index contributed by atoms with van der Waals surface area (Å²) < 4.78 is 0. The summed E-state index contributed by atoms with van der Waals surface area (Å²) >= 11 is 0. The smallest absolute Gasteiger partial charge is 0.462 e. The number of aryl methyl sites for hydroxylation is 1. The summed E-state index contributed by atoms with van der Waals surface area (Å²) in [5.74, 6) is 0.306.